The summed E-state index contributed by atoms with van der Waals surface area (Å²) in [4.78, 5) is 0. The Labute approximate surface area is 150 Å². The second-order valence-corrected chi connectivity index (χ2v) is 6.86. The van der Waals surface area contributed by atoms with E-state index in [4.69, 9.17) is 9.85 Å². The molecule has 2 aliphatic heterocycles. The molecule has 1 saturated carbocycles. The molecule has 0 radical (unpaired) electrons. The Bertz CT molecular complexity index is 963. The van der Waals surface area contributed by atoms with Gasteiger partial charge in [-0.3, -0.25) is 0 Å². The SMILES string of the molecule is [O-]C1=C(c2ccc(F)cc2)[N+]2=N[C@@H]3CCCC3=C[C@]2(c2ccccc2)O1. The average molecular weight is 348 g/mol. The van der Waals surface area contributed by atoms with Gasteiger partial charge in [-0.05, 0) is 54.2 Å². The molecular weight excluding hydrogens is 331 g/mol. The van der Waals surface area contributed by atoms with Gasteiger partial charge in [0.25, 0.3) is 5.70 Å². The number of benzene rings is 2. The van der Waals surface area contributed by atoms with Crippen molar-refractivity contribution < 1.29 is 18.9 Å². The number of fused-ring (bicyclic) bond motifs is 2. The van der Waals surface area contributed by atoms with Crippen molar-refractivity contribution in [2.24, 2.45) is 5.11 Å². The maximum atomic E-state index is 13.3. The molecule has 0 amide bonds. The fourth-order valence-corrected chi connectivity index (χ4v) is 4.05. The molecule has 1 fully saturated rings. The van der Waals surface area contributed by atoms with Gasteiger partial charge in [0.05, 0.1) is 5.56 Å². The number of rotatable bonds is 2. The van der Waals surface area contributed by atoms with Crippen molar-refractivity contribution in [1.29, 1.82) is 0 Å². The Morgan fingerprint density at radius 2 is 1.88 bits per heavy atom. The number of hydrogen-bond donors (Lipinski definition) is 0. The van der Waals surface area contributed by atoms with E-state index in [9.17, 15) is 9.50 Å². The van der Waals surface area contributed by atoms with E-state index < -0.39 is 11.7 Å². The van der Waals surface area contributed by atoms with Gasteiger partial charge < -0.3 is 9.84 Å². The molecule has 2 aromatic carbocycles. The highest BCUT2D eigenvalue weighted by Crippen LogP contribution is 2.48. The molecule has 0 unspecified atom stereocenters. The molecule has 0 spiro atoms. The molecule has 5 rings (SSSR count). The lowest BCUT2D eigenvalue weighted by Gasteiger charge is -2.30. The highest BCUT2D eigenvalue weighted by molar-refractivity contribution is 5.61. The zero-order valence-corrected chi connectivity index (χ0v) is 14.1. The van der Waals surface area contributed by atoms with Gasteiger partial charge in [0.1, 0.15) is 17.8 Å². The maximum Gasteiger partial charge on any atom is 0.302 e. The van der Waals surface area contributed by atoms with E-state index >= 15 is 0 Å². The molecule has 3 aliphatic rings. The van der Waals surface area contributed by atoms with E-state index in [1.165, 1.54) is 17.7 Å². The number of ether oxygens (including phenoxy) is 1. The van der Waals surface area contributed by atoms with Gasteiger partial charge >= 0.3 is 5.72 Å². The molecule has 4 nitrogen and oxygen atoms in total. The molecule has 0 aromatic heterocycles. The first kappa shape index (κ1) is 15.3. The third-order valence-electron chi connectivity index (χ3n) is 5.28. The number of azo groups is 2. The standard InChI is InChI=1S/C21H17FN2O2/c22-17-11-9-14(10-12-17)19-20(25)26-21(16-6-2-1-3-7-16)13-15-5-4-8-18(15)23-24(19)21/h1-3,6-7,9-13,18H,4-5,8H2/t18-,21-/m1/s1. The lowest BCUT2D eigenvalue weighted by Crippen LogP contribution is -2.38. The normalized spacial score (nSPS) is 26.7. The first-order chi connectivity index (χ1) is 12.7. The summed E-state index contributed by atoms with van der Waals surface area (Å²) in [6.45, 7) is 0. The van der Waals surface area contributed by atoms with Crippen molar-refractivity contribution >= 4 is 5.70 Å². The van der Waals surface area contributed by atoms with E-state index in [1.807, 2.05) is 30.3 Å². The summed E-state index contributed by atoms with van der Waals surface area (Å²) >= 11 is 0. The van der Waals surface area contributed by atoms with Crippen molar-refractivity contribution in [2.45, 2.75) is 31.0 Å². The highest BCUT2D eigenvalue weighted by Gasteiger charge is 2.53. The first-order valence-corrected chi connectivity index (χ1v) is 8.82. The predicted molar refractivity (Wildman–Crippen MR) is 90.9 cm³/mol. The molecule has 0 saturated heterocycles. The Hall–Kier alpha value is -2.95. The maximum absolute atomic E-state index is 13.3. The van der Waals surface area contributed by atoms with Crippen molar-refractivity contribution in [3.05, 3.63) is 89.1 Å². The number of halogens is 1. The van der Waals surface area contributed by atoms with E-state index in [1.54, 1.807) is 16.8 Å². The first-order valence-electron chi connectivity index (χ1n) is 8.82. The van der Waals surface area contributed by atoms with Crippen LogP contribution in [0.3, 0.4) is 0 Å². The lowest BCUT2D eigenvalue weighted by atomic mass is 9.95. The number of hydrogen-bond acceptors (Lipinski definition) is 3. The zero-order chi connectivity index (χ0) is 17.7. The molecule has 0 N–H and O–H groups in total. The summed E-state index contributed by atoms with van der Waals surface area (Å²) in [5.41, 5.74) is 1.98. The van der Waals surface area contributed by atoms with Crippen LogP contribution in [0.15, 0.2) is 77.3 Å². The number of nitrogens with zero attached hydrogens (tertiary/aromatic N) is 2. The van der Waals surface area contributed by atoms with Gasteiger partial charge in [0.15, 0.2) is 0 Å². The molecule has 2 aromatic rings. The van der Waals surface area contributed by atoms with E-state index in [0.717, 1.165) is 24.8 Å². The molecule has 5 heteroatoms. The lowest BCUT2D eigenvalue weighted by molar-refractivity contribution is -0.627. The summed E-state index contributed by atoms with van der Waals surface area (Å²) in [5, 5.41) is 17.7. The Balaban J connectivity index is 1.71. The second-order valence-electron chi connectivity index (χ2n) is 6.86. The van der Waals surface area contributed by atoms with Crippen LogP contribution in [0.2, 0.25) is 0 Å². The van der Waals surface area contributed by atoms with Gasteiger partial charge in [-0.2, -0.15) is 0 Å². The summed E-state index contributed by atoms with van der Waals surface area (Å²) < 4.78 is 21.0. The molecule has 0 bridgehead atoms. The van der Waals surface area contributed by atoms with Crippen molar-refractivity contribution in [3.8, 4) is 0 Å². The van der Waals surface area contributed by atoms with Crippen LogP contribution in [0, 0.1) is 5.82 Å². The summed E-state index contributed by atoms with van der Waals surface area (Å²) in [6, 6.07) is 15.6. The minimum Gasteiger partial charge on any atom is -0.542 e. The minimum absolute atomic E-state index is 0.0804. The fourth-order valence-electron chi connectivity index (χ4n) is 4.05. The average Bonchev–Trinajstić information content (AvgIpc) is 3.22. The molecule has 130 valence electrons. The Morgan fingerprint density at radius 1 is 1.12 bits per heavy atom. The predicted octanol–water partition coefficient (Wildman–Crippen LogP) is 3.65. The van der Waals surface area contributed by atoms with Gasteiger partial charge in [-0.1, -0.05) is 35.0 Å². The molecule has 2 heterocycles. The van der Waals surface area contributed by atoms with Crippen molar-refractivity contribution in [3.63, 3.8) is 0 Å². The Morgan fingerprint density at radius 3 is 2.65 bits per heavy atom. The van der Waals surface area contributed by atoms with Gasteiger partial charge in [-0.25, -0.2) is 4.39 Å². The molecule has 26 heavy (non-hydrogen) atoms. The van der Waals surface area contributed by atoms with Gasteiger partial charge in [0.2, 0.25) is 0 Å². The zero-order valence-electron chi connectivity index (χ0n) is 14.1. The van der Waals surface area contributed by atoms with Crippen molar-refractivity contribution in [1.82, 2.24) is 0 Å². The van der Waals surface area contributed by atoms with Crippen molar-refractivity contribution in [2.75, 3.05) is 0 Å². The van der Waals surface area contributed by atoms with Crippen LogP contribution < -0.4 is 5.11 Å². The molecule has 2 atom stereocenters. The topological polar surface area (TPSA) is 47.7 Å². The third kappa shape index (κ3) is 2.13. The van der Waals surface area contributed by atoms with Crippen LogP contribution >= 0.6 is 0 Å². The quantitative estimate of drug-likeness (QED) is 0.614. The smallest absolute Gasteiger partial charge is 0.302 e. The van der Waals surface area contributed by atoms with E-state index in [2.05, 4.69) is 6.08 Å². The van der Waals surface area contributed by atoms with Crippen LogP contribution in [-0.4, -0.2) is 10.7 Å². The van der Waals surface area contributed by atoms with Crippen LogP contribution in [-0.2, 0) is 10.5 Å². The van der Waals surface area contributed by atoms with E-state index in [-0.39, 0.29) is 11.9 Å². The minimum atomic E-state index is -1.06. The van der Waals surface area contributed by atoms with Gasteiger partial charge in [-0.15, -0.1) is 0 Å². The van der Waals surface area contributed by atoms with Crippen LogP contribution in [0.5, 0.6) is 0 Å². The highest BCUT2D eigenvalue weighted by atomic mass is 19.1. The molecular formula is C21H17FN2O2. The largest absolute Gasteiger partial charge is 0.542 e. The third-order valence-corrected chi connectivity index (χ3v) is 5.28. The second kappa shape index (κ2) is 5.53. The van der Waals surface area contributed by atoms with Crippen LogP contribution in [0.1, 0.15) is 30.4 Å². The van der Waals surface area contributed by atoms with E-state index in [0.29, 0.717) is 11.3 Å². The monoisotopic (exact) mass is 348 g/mol. The van der Waals surface area contributed by atoms with Crippen LogP contribution in [0.4, 0.5) is 4.39 Å². The Kier molecular flexibility index (Phi) is 3.26. The molecule has 1 aliphatic carbocycles. The summed E-state index contributed by atoms with van der Waals surface area (Å²) in [7, 11) is 0. The van der Waals surface area contributed by atoms with Crippen LogP contribution in [0.25, 0.3) is 5.70 Å². The van der Waals surface area contributed by atoms with Gasteiger partial charge in [0, 0.05) is 11.6 Å². The summed E-state index contributed by atoms with van der Waals surface area (Å²) in [5.74, 6) is -0.787. The fraction of sp³-hybridized carbons (Fsp3) is 0.238. The summed E-state index contributed by atoms with van der Waals surface area (Å²) in [6.07, 6.45) is 5.08.